The third-order valence-electron chi connectivity index (χ3n) is 1.70. The van der Waals surface area contributed by atoms with Gasteiger partial charge in [0, 0.05) is 22.4 Å². The smallest absolute Gasteiger partial charge is 0.404 e. The highest BCUT2D eigenvalue weighted by atomic mass is 32.1. The van der Waals surface area contributed by atoms with Crippen molar-refractivity contribution in [2.45, 2.75) is 6.42 Å². The molecule has 7 heteroatoms. The Morgan fingerprint density at radius 3 is 3.00 bits per heavy atom. The van der Waals surface area contributed by atoms with Crippen LogP contribution in [-0.2, 0) is 6.42 Å². The maximum Gasteiger partial charge on any atom is 0.404 e. The first-order valence-corrected chi connectivity index (χ1v) is 5.03. The zero-order valence-corrected chi connectivity index (χ0v) is 8.62. The molecule has 0 saturated heterocycles. The molecule has 0 bridgehead atoms. The van der Waals surface area contributed by atoms with Gasteiger partial charge >= 0.3 is 6.09 Å². The van der Waals surface area contributed by atoms with Gasteiger partial charge in [-0.2, -0.15) is 0 Å². The Morgan fingerprint density at radius 2 is 2.40 bits per heavy atom. The first-order chi connectivity index (χ1) is 7.13. The van der Waals surface area contributed by atoms with E-state index in [-0.39, 0.29) is 5.84 Å². The molecule has 1 rings (SSSR count). The summed E-state index contributed by atoms with van der Waals surface area (Å²) in [5.74, 6) is 0.0590. The summed E-state index contributed by atoms with van der Waals surface area (Å²) >= 11 is 1.44. The minimum absolute atomic E-state index is 0.0590. The Bertz CT molecular complexity index is 375. The van der Waals surface area contributed by atoms with Gasteiger partial charge in [-0.15, -0.1) is 11.3 Å². The van der Waals surface area contributed by atoms with E-state index in [9.17, 15) is 4.79 Å². The molecule has 0 fully saturated rings. The minimum atomic E-state index is -1.04. The number of amidine groups is 1. The third kappa shape index (κ3) is 3.47. The van der Waals surface area contributed by atoms with Crippen LogP contribution < -0.4 is 11.1 Å². The van der Waals surface area contributed by atoms with Crippen LogP contribution in [0.15, 0.2) is 16.6 Å². The van der Waals surface area contributed by atoms with Crippen LogP contribution >= 0.6 is 11.3 Å². The van der Waals surface area contributed by atoms with Crippen molar-refractivity contribution in [3.05, 3.63) is 21.9 Å². The SMILES string of the molecule is NC(=NO)c1csc(CCNC(=O)O)c1. The molecule has 15 heavy (non-hydrogen) atoms. The van der Waals surface area contributed by atoms with Gasteiger partial charge in [0.25, 0.3) is 0 Å². The number of carboxylic acid groups (broad SMARTS) is 1. The van der Waals surface area contributed by atoms with Gasteiger partial charge in [-0.25, -0.2) is 4.79 Å². The van der Waals surface area contributed by atoms with Gasteiger partial charge in [-0.1, -0.05) is 5.16 Å². The first kappa shape index (κ1) is 11.3. The number of oxime groups is 1. The lowest BCUT2D eigenvalue weighted by Gasteiger charge is -1.97. The Balaban J connectivity index is 2.50. The molecule has 0 aliphatic rings. The van der Waals surface area contributed by atoms with E-state index in [0.717, 1.165) is 4.88 Å². The van der Waals surface area contributed by atoms with Gasteiger partial charge in [-0.05, 0) is 12.5 Å². The first-order valence-electron chi connectivity index (χ1n) is 4.15. The molecule has 1 amide bonds. The lowest BCUT2D eigenvalue weighted by atomic mass is 10.2. The molecule has 6 nitrogen and oxygen atoms in total. The summed E-state index contributed by atoms with van der Waals surface area (Å²) in [7, 11) is 0. The Labute approximate surface area is 90.0 Å². The van der Waals surface area contributed by atoms with Crippen molar-refractivity contribution in [2.24, 2.45) is 10.9 Å². The maximum atomic E-state index is 10.2. The topological polar surface area (TPSA) is 108 Å². The highest BCUT2D eigenvalue weighted by Crippen LogP contribution is 2.14. The molecule has 0 aliphatic carbocycles. The lowest BCUT2D eigenvalue weighted by Crippen LogP contribution is -2.22. The van der Waals surface area contributed by atoms with Crippen molar-refractivity contribution >= 4 is 23.3 Å². The molecule has 0 saturated carbocycles. The average molecular weight is 229 g/mol. The van der Waals surface area contributed by atoms with E-state index in [2.05, 4.69) is 10.5 Å². The van der Waals surface area contributed by atoms with Gasteiger partial charge in [-0.3, -0.25) is 0 Å². The van der Waals surface area contributed by atoms with Crippen molar-refractivity contribution in [1.29, 1.82) is 0 Å². The summed E-state index contributed by atoms with van der Waals surface area (Å²) in [5.41, 5.74) is 6.03. The van der Waals surface area contributed by atoms with E-state index >= 15 is 0 Å². The molecule has 0 aliphatic heterocycles. The molecule has 0 atom stereocenters. The summed E-state index contributed by atoms with van der Waals surface area (Å²) in [6.07, 6.45) is -0.446. The van der Waals surface area contributed by atoms with E-state index in [1.54, 1.807) is 11.4 Å². The van der Waals surface area contributed by atoms with Crippen LogP contribution in [-0.4, -0.2) is 28.8 Å². The lowest BCUT2D eigenvalue weighted by molar-refractivity contribution is 0.194. The second-order valence-corrected chi connectivity index (χ2v) is 3.76. The van der Waals surface area contributed by atoms with Gasteiger partial charge in [0.15, 0.2) is 5.84 Å². The molecule has 5 N–H and O–H groups in total. The van der Waals surface area contributed by atoms with Crippen molar-refractivity contribution in [3.8, 4) is 0 Å². The fourth-order valence-electron chi connectivity index (χ4n) is 0.996. The van der Waals surface area contributed by atoms with Crippen LogP contribution in [0.3, 0.4) is 0 Å². The summed E-state index contributed by atoms with van der Waals surface area (Å²) in [6.45, 7) is 0.353. The number of nitrogens with one attached hydrogen (secondary N) is 1. The quantitative estimate of drug-likeness (QED) is 0.263. The van der Waals surface area contributed by atoms with Crippen LogP contribution in [0.4, 0.5) is 4.79 Å². The molecule has 1 aromatic heterocycles. The van der Waals surface area contributed by atoms with E-state index in [0.29, 0.717) is 18.5 Å². The maximum absolute atomic E-state index is 10.2. The Morgan fingerprint density at radius 1 is 1.67 bits per heavy atom. The predicted molar refractivity (Wildman–Crippen MR) is 56.6 cm³/mol. The van der Waals surface area contributed by atoms with E-state index < -0.39 is 6.09 Å². The van der Waals surface area contributed by atoms with Crippen LogP contribution in [0.2, 0.25) is 0 Å². The molecule has 82 valence electrons. The van der Waals surface area contributed by atoms with Crippen LogP contribution in [0, 0.1) is 0 Å². The van der Waals surface area contributed by atoms with Crippen LogP contribution in [0.25, 0.3) is 0 Å². The Hall–Kier alpha value is -1.76. The fourth-order valence-corrected chi connectivity index (χ4v) is 1.88. The summed E-state index contributed by atoms with van der Waals surface area (Å²) in [5, 5.41) is 23.7. The molecular weight excluding hydrogens is 218 g/mol. The summed E-state index contributed by atoms with van der Waals surface area (Å²) < 4.78 is 0. The number of hydrogen-bond donors (Lipinski definition) is 4. The van der Waals surface area contributed by atoms with Crippen molar-refractivity contribution in [3.63, 3.8) is 0 Å². The van der Waals surface area contributed by atoms with E-state index in [1.807, 2.05) is 0 Å². The zero-order chi connectivity index (χ0) is 11.3. The number of nitrogens with two attached hydrogens (primary N) is 1. The number of nitrogens with zero attached hydrogens (tertiary/aromatic N) is 1. The molecule has 1 aromatic rings. The minimum Gasteiger partial charge on any atom is -0.465 e. The Kier molecular flexibility index (Phi) is 3.92. The molecule has 1 heterocycles. The highest BCUT2D eigenvalue weighted by molar-refractivity contribution is 7.10. The van der Waals surface area contributed by atoms with Gasteiger partial charge in [0.2, 0.25) is 0 Å². The summed E-state index contributed by atoms with van der Waals surface area (Å²) in [6, 6.07) is 1.77. The molecule has 0 radical (unpaired) electrons. The van der Waals surface area contributed by atoms with E-state index in [4.69, 9.17) is 16.0 Å². The number of carbonyl (C=O) groups is 1. The predicted octanol–water partition coefficient (Wildman–Crippen LogP) is 0.653. The normalized spacial score (nSPS) is 11.3. The zero-order valence-electron chi connectivity index (χ0n) is 7.80. The monoisotopic (exact) mass is 229 g/mol. The van der Waals surface area contributed by atoms with Crippen molar-refractivity contribution in [1.82, 2.24) is 5.32 Å². The van der Waals surface area contributed by atoms with Gasteiger partial charge in [0.05, 0.1) is 0 Å². The molecule has 0 aromatic carbocycles. The van der Waals surface area contributed by atoms with Crippen molar-refractivity contribution < 1.29 is 15.1 Å². The molecule has 0 unspecified atom stereocenters. The second kappa shape index (κ2) is 5.20. The van der Waals surface area contributed by atoms with Crippen LogP contribution in [0.5, 0.6) is 0 Å². The van der Waals surface area contributed by atoms with Gasteiger partial charge in [0.1, 0.15) is 0 Å². The van der Waals surface area contributed by atoms with Crippen LogP contribution in [0.1, 0.15) is 10.4 Å². The molecular formula is C8H11N3O3S. The standard InChI is InChI=1S/C8H11N3O3S/c9-7(11-14)5-3-6(15-4-5)1-2-10-8(12)13/h3-4,10,14H,1-2H2,(H2,9,11)(H,12,13). The number of amides is 1. The number of hydrogen-bond acceptors (Lipinski definition) is 4. The van der Waals surface area contributed by atoms with Crippen molar-refractivity contribution in [2.75, 3.05) is 6.54 Å². The number of thiophene rings is 1. The summed E-state index contributed by atoms with van der Waals surface area (Å²) in [4.78, 5) is 11.1. The third-order valence-corrected chi connectivity index (χ3v) is 2.70. The van der Waals surface area contributed by atoms with E-state index in [1.165, 1.54) is 11.3 Å². The molecule has 0 spiro atoms. The number of rotatable bonds is 4. The second-order valence-electron chi connectivity index (χ2n) is 2.77. The largest absolute Gasteiger partial charge is 0.465 e. The highest BCUT2D eigenvalue weighted by Gasteiger charge is 2.04. The fraction of sp³-hybridized carbons (Fsp3) is 0.250. The average Bonchev–Trinajstić information content (AvgIpc) is 2.65. The van der Waals surface area contributed by atoms with Gasteiger partial charge < -0.3 is 21.4 Å².